The van der Waals surface area contributed by atoms with E-state index < -0.39 is 5.60 Å². The molecule has 1 atom stereocenters. The van der Waals surface area contributed by atoms with Crippen LogP contribution in [0.25, 0.3) is 0 Å². The molecule has 1 unspecified atom stereocenters. The molecular formula is C14H29NO2. The second-order valence-corrected chi connectivity index (χ2v) is 5.64. The number of aliphatic hydroxyl groups is 1. The van der Waals surface area contributed by atoms with E-state index in [1.165, 1.54) is 38.5 Å². The molecule has 0 spiro atoms. The fourth-order valence-electron chi connectivity index (χ4n) is 2.37. The summed E-state index contributed by atoms with van der Waals surface area (Å²) < 4.78 is 5.90. The molecule has 3 heteroatoms. The van der Waals surface area contributed by atoms with E-state index in [1.54, 1.807) is 6.92 Å². The van der Waals surface area contributed by atoms with Gasteiger partial charge in [0.25, 0.3) is 0 Å². The van der Waals surface area contributed by atoms with Gasteiger partial charge in [0.05, 0.1) is 11.7 Å². The standard InChI is InChI=1S/C14H29NO2/c1-14(16,12-15)10-6-7-11-17-13-8-4-2-3-5-9-13/h13,16H,2-12,15H2,1H3. The molecule has 1 rings (SSSR count). The molecule has 0 aromatic rings. The van der Waals surface area contributed by atoms with Gasteiger partial charge in [0, 0.05) is 13.2 Å². The van der Waals surface area contributed by atoms with Crippen LogP contribution in [0.5, 0.6) is 0 Å². The van der Waals surface area contributed by atoms with Crippen LogP contribution in [0.3, 0.4) is 0 Å². The van der Waals surface area contributed by atoms with Gasteiger partial charge in [0.2, 0.25) is 0 Å². The van der Waals surface area contributed by atoms with E-state index in [2.05, 4.69) is 0 Å². The van der Waals surface area contributed by atoms with Crippen LogP contribution in [0.1, 0.15) is 64.7 Å². The Balaban J connectivity index is 1.99. The molecule has 0 heterocycles. The monoisotopic (exact) mass is 243 g/mol. The highest BCUT2D eigenvalue weighted by Gasteiger charge is 2.17. The van der Waals surface area contributed by atoms with Gasteiger partial charge in [-0.05, 0) is 39.0 Å². The highest BCUT2D eigenvalue weighted by atomic mass is 16.5. The number of ether oxygens (including phenoxy) is 1. The molecule has 1 fully saturated rings. The summed E-state index contributed by atoms with van der Waals surface area (Å²) in [5.41, 5.74) is 4.78. The second-order valence-electron chi connectivity index (χ2n) is 5.64. The Morgan fingerprint density at radius 3 is 2.41 bits per heavy atom. The van der Waals surface area contributed by atoms with Crippen LogP contribution in [-0.2, 0) is 4.74 Å². The van der Waals surface area contributed by atoms with Gasteiger partial charge in [0.1, 0.15) is 0 Å². The highest BCUT2D eigenvalue weighted by Crippen LogP contribution is 2.20. The summed E-state index contributed by atoms with van der Waals surface area (Å²) in [5, 5.41) is 9.74. The summed E-state index contributed by atoms with van der Waals surface area (Å²) >= 11 is 0. The fourth-order valence-corrected chi connectivity index (χ4v) is 2.37. The molecule has 0 amide bonds. The molecule has 1 saturated carbocycles. The van der Waals surface area contributed by atoms with Crippen molar-refractivity contribution in [2.75, 3.05) is 13.2 Å². The van der Waals surface area contributed by atoms with Gasteiger partial charge in [-0.25, -0.2) is 0 Å². The topological polar surface area (TPSA) is 55.5 Å². The third-order valence-electron chi connectivity index (χ3n) is 3.71. The largest absolute Gasteiger partial charge is 0.389 e. The summed E-state index contributed by atoms with van der Waals surface area (Å²) in [6.45, 7) is 2.99. The van der Waals surface area contributed by atoms with Crippen LogP contribution in [0, 0.1) is 0 Å². The SMILES string of the molecule is CC(O)(CN)CCCCOC1CCCCCC1. The maximum atomic E-state index is 9.74. The molecule has 0 saturated heterocycles. The zero-order chi connectivity index (χ0) is 12.6. The van der Waals surface area contributed by atoms with Crippen LogP contribution in [-0.4, -0.2) is 30.0 Å². The third kappa shape index (κ3) is 7.02. The first-order chi connectivity index (χ1) is 8.14. The van der Waals surface area contributed by atoms with Crippen molar-refractivity contribution >= 4 is 0 Å². The van der Waals surface area contributed by atoms with Crippen molar-refractivity contribution in [3.05, 3.63) is 0 Å². The van der Waals surface area contributed by atoms with Crippen molar-refractivity contribution in [1.29, 1.82) is 0 Å². The van der Waals surface area contributed by atoms with Crippen molar-refractivity contribution in [2.45, 2.75) is 76.4 Å². The van der Waals surface area contributed by atoms with Crippen LogP contribution < -0.4 is 5.73 Å². The van der Waals surface area contributed by atoms with E-state index in [0.29, 0.717) is 12.6 Å². The first kappa shape index (κ1) is 14.9. The Hall–Kier alpha value is -0.120. The molecule has 17 heavy (non-hydrogen) atoms. The van der Waals surface area contributed by atoms with Crippen molar-refractivity contribution in [2.24, 2.45) is 5.73 Å². The van der Waals surface area contributed by atoms with Crippen LogP contribution in [0.15, 0.2) is 0 Å². The smallest absolute Gasteiger partial charge is 0.0741 e. The summed E-state index contributed by atoms with van der Waals surface area (Å²) in [6, 6.07) is 0. The average molecular weight is 243 g/mol. The first-order valence-electron chi connectivity index (χ1n) is 7.18. The Labute approximate surface area is 106 Å². The zero-order valence-electron chi connectivity index (χ0n) is 11.3. The normalized spacial score (nSPS) is 22.1. The Morgan fingerprint density at radius 1 is 1.18 bits per heavy atom. The summed E-state index contributed by atoms with van der Waals surface area (Å²) in [5.74, 6) is 0. The Kier molecular flexibility index (Phi) is 7.09. The van der Waals surface area contributed by atoms with Gasteiger partial charge in [0.15, 0.2) is 0 Å². The van der Waals surface area contributed by atoms with E-state index in [0.717, 1.165) is 25.9 Å². The third-order valence-corrected chi connectivity index (χ3v) is 3.71. The molecule has 0 aromatic carbocycles. The molecule has 0 aromatic heterocycles. The molecule has 3 nitrogen and oxygen atoms in total. The van der Waals surface area contributed by atoms with E-state index in [-0.39, 0.29) is 0 Å². The van der Waals surface area contributed by atoms with E-state index in [9.17, 15) is 5.11 Å². The predicted molar refractivity (Wildman–Crippen MR) is 71.0 cm³/mol. The molecule has 1 aliphatic rings. The maximum absolute atomic E-state index is 9.74. The zero-order valence-corrected chi connectivity index (χ0v) is 11.3. The van der Waals surface area contributed by atoms with Crippen molar-refractivity contribution < 1.29 is 9.84 Å². The number of nitrogens with two attached hydrogens (primary N) is 1. The minimum absolute atomic E-state index is 0.344. The lowest BCUT2D eigenvalue weighted by Crippen LogP contribution is -2.33. The number of hydrogen-bond donors (Lipinski definition) is 2. The van der Waals surface area contributed by atoms with Gasteiger partial charge in [-0.2, -0.15) is 0 Å². The predicted octanol–water partition coefficient (Wildman–Crippen LogP) is 2.61. The van der Waals surface area contributed by atoms with E-state index in [1.807, 2.05) is 0 Å². The molecule has 1 aliphatic carbocycles. The minimum atomic E-state index is -0.692. The molecule has 0 aliphatic heterocycles. The van der Waals surface area contributed by atoms with E-state index in [4.69, 9.17) is 10.5 Å². The molecule has 0 radical (unpaired) electrons. The minimum Gasteiger partial charge on any atom is -0.389 e. The molecule has 102 valence electrons. The second kappa shape index (κ2) is 8.06. The van der Waals surface area contributed by atoms with E-state index >= 15 is 0 Å². The number of hydrogen-bond acceptors (Lipinski definition) is 3. The average Bonchev–Trinajstić information content (AvgIpc) is 2.57. The van der Waals surface area contributed by atoms with Gasteiger partial charge >= 0.3 is 0 Å². The Bertz CT molecular complexity index is 187. The number of rotatable bonds is 7. The molecule has 3 N–H and O–H groups in total. The van der Waals surface area contributed by atoms with Crippen LogP contribution >= 0.6 is 0 Å². The lowest BCUT2D eigenvalue weighted by atomic mass is 9.99. The van der Waals surface area contributed by atoms with Crippen LogP contribution in [0.4, 0.5) is 0 Å². The highest BCUT2D eigenvalue weighted by molar-refractivity contribution is 4.72. The van der Waals surface area contributed by atoms with Gasteiger partial charge in [-0.15, -0.1) is 0 Å². The lowest BCUT2D eigenvalue weighted by molar-refractivity contribution is 0.0304. The quantitative estimate of drug-likeness (QED) is 0.534. The van der Waals surface area contributed by atoms with Crippen LogP contribution in [0.2, 0.25) is 0 Å². The lowest BCUT2D eigenvalue weighted by Gasteiger charge is -2.21. The first-order valence-corrected chi connectivity index (χ1v) is 7.18. The Morgan fingerprint density at radius 2 is 1.82 bits per heavy atom. The number of unbranched alkanes of at least 4 members (excludes halogenated alkanes) is 1. The fraction of sp³-hybridized carbons (Fsp3) is 1.00. The van der Waals surface area contributed by atoms with Crippen molar-refractivity contribution in [3.63, 3.8) is 0 Å². The summed E-state index contributed by atoms with van der Waals surface area (Å²) in [6.07, 6.45) is 11.2. The van der Waals surface area contributed by atoms with Gasteiger partial charge in [-0.1, -0.05) is 25.7 Å². The van der Waals surface area contributed by atoms with Crippen molar-refractivity contribution in [1.82, 2.24) is 0 Å². The van der Waals surface area contributed by atoms with Gasteiger partial charge < -0.3 is 15.6 Å². The molecular weight excluding hydrogens is 214 g/mol. The summed E-state index contributed by atoms with van der Waals surface area (Å²) in [7, 11) is 0. The van der Waals surface area contributed by atoms with Crippen molar-refractivity contribution in [3.8, 4) is 0 Å². The van der Waals surface area contributed by atoms with Gasteiger partial charge in [-0.3, -0.25) is 0 Å². The molecule has 0 bridgehead atoms. The summed E-state index contributed by atoms with van der Waals surface area (Å²) in [4.78, 5) is 0. The maximum Gasteiger partial charge on any atom is 0.0741 e.